The van der Waals surface area contributed by atoms with Gasteiger partial charge < -0.3 is 14.7 Å². The molecule has 2 aliphatic rings. The highest BCUT2D eigenvalue weighted by Crippen LogP contribution is 2.38. The molecule has 2 fully saturated rings. The van der Waals surface area contributed by atoms with E-state index in [0.29, 0.717) is 19.2 Å². The van der Waals surface area contributed by atoms with E-state index in [-0.39, 0.29) is 12.0 Å². The van der Waals surface area contributed by atoms with Gasteiger partial charge in [-0.15, -0.1) is 0 Å². The molecule has 3 nitrogen and oxygen atoms in total. The predicted molar refractivity (Wildman–Crippen MR) is 42.0 cm³/mol. The van der Waals surface area contributed by atoms with E-state index in [1.165, 1.54) is 7.41 Å². The molecule has 1 heterocycles. The van der Waals surface area contributed by atoms with Crippen molar-refractivity contribution in [2.75, 3.05) is 6.54 Å². The quantitative estimate of drug-likeness (QED) is 0.435. The topological polar surface area (TPSA) is 40.5 Å². The fourth-order valence-corrected chi connectivity index (χ4v) is 2.22. The summed E-state index contributed by atoms with van der Waals surface area (Å²) in [7, 11) is 1.36. The van der Waals surface area contributed by atoms with Crippen molar-refractivity contribution < 1.29 is 14.3 Å². The van der Waals surface area contributed by atoms with Crippen LogP contribution in [-0.4, -0.2) is 48.4 Å². The third kappa shape index (κ3) is 1.000. The molecule has 1 saturated heterocycles. The largest absolute Gasteiger partial charge is 0.390 e. The van der Waals surface area contributed by atoms with Gasteiger partial charge in [-0.25, -0.2) is 4.39 Å². The number of piperidine rings is 1. The molecule has 2 rings (SSSR count). The van der Waals surface area contributed by atoms with Crippen LogP contribution in [0.15, 0.2) is 0 Å². The lowest BCUT2D eigenvalue weighted by Crippen LogP contribution is -2.48. The average molecular weight is 170 g/mol. The van der Waals surface area contributed by atoms with E-state index in [2.05, 4.69) is 0 Å². The second-order valence-corrected chi connectivity index (χ2v) is 3.48. The molecule has 2 bridgehead atoms. The standard InChI is InChI=1S/C7H10BFNO2/c9-6-5-1-4(7(6)12)2-10(5)8-3-11/h3-7,12H,1-2H2/t4?,5?,6-,7+/m1/s1. The summed E-state index contributed by atoms with van der Waals surface area (Å²) in [6.07, 6.45) is -0.654. The van der Waals surface area contributed by atoms with Gasteiger partial charge in [-0.05, 0) is 13.0 Å². The van der Waals surface area contributed by atoms with E-state index in [9.17, 15) is 14.3 Å². The Balaban J connectivity index is 2.05. The Hall–Kier alpha value is -0.415. The van der Waals surface area contributed by atoms with Gasteiger partial charge in [-0.1, -0.05) is 0 Å². The van der Waals surface area contributed by atoms with Crippen LogP contribution in [0.1, 0.15) is 6.42 Å². The van der Waals surface area contributed by atoms with Crippen LogP contribution in [0.2, 0.25) is 0 Å². The molecular formula is C7H10BFNO2. The fourth-order valence-electron chi connectivity index (χ4n) is 2.22. The normalized spacial score (nSPS) is 46.5. The van der Waals surface area contributed by atoms with Crippen molar-refractivity contribution >= 4 is 13.6 Å². The van der Waals surface area contributed by atoms with Crippen LogP contribution in [-0.2, 0) is 4.79 Å². The minimum Gasteiger partial charge on any atom is -0.390 e. The molecule has 5 heteroatoms. The van der Waals surface area contributed by atoms with Crippen molar-refractivity contribution in [3.63, 3.8) is 0 Å². The van der Waals surface area contributed by atoms with Gasteiger partial charge in [0.25, 0.3) is 7.41 Å². The molecule has 0 aromatic rings. The number of halogens is 1. The number of rotatable bonds is 2. The molecular weight excluding hydrogens is 160 g/mol. The van der Waals surface area contributed by atoms with Crippen molar-refractivity contribution in [1.82, 2.24) is 4.81 Å². The Morgan fingerprint density at radius 1 is 1.67 bits per heavy atom. The SMILES string of the molecule is O=C[B]N1CC2CC1[C@@H](F)[C@H]2O. The Labute approximate surface area is 70.8 Å². The molecule has 1 radical (unpaired) electrons. The van der Waals surface area contributed by atoms with Gasteiger partial charge in [0.2, 0.25) is 0 Å². The molecule has 2 unspecified atom stereocenters. The first-order valence-corrected chi connectivity index (χ1v) is 4.10. The fraction of sp³-hybridized carbons (Fsp3) is 0.857. The monoisotopic (exact) mass is 170 g/mol. The maximum atomic E-state index is 13.2. The summed E-state index contributed by atoms with van der Waals surface area (Å²) in [5, 5.41) is 9.27. The van der Waals surface area contributed by atoms with Gasteiger partial charge in [0, 0.05) is 12.0 Å². The Bertz CT molecular complexity index is 202. The van der Waals surface area contributed by atoms with Crippen molar-refractivity contribution in [1.29, 1.82) is 0 Å². The zero-order chi connectivity index (χ0) is 8.72. The lowest BCUT2D eigenvalue weighted by Gasteiger charge is -2.30. The second-order valence-electron chi connectivity index (χ2n) is 3.48. The van der Waals surface area contributed by atoms with Crippen molar-refractivity contribution in [3.05, 3.63) is 0 Å². The molecule has 1 N–H and O–H groups in total. The van der Waals surface area contributed by atoms with Gasteiger partial charge in [0.05, 0.1) is 12.3 Å². The molecule has 0 aromatic heterocycles. The van der Waals surface area contributed by atoms with Crippen LogP contribution < -0.4 is 0 Å². The van der Waals surface area contributed by atoms with E-state index in [1.54, 1.807) is 4.81 Å². The third-order valence-electron chi connectivity index (χ3n) is 2.84. The van der Waals surface area contributed by atoms with Crippen molar-refractivity contribution in [2.45, 2.75) is 24.7 Å². The van der Waals surface area contributed by atoms with Crippen LogP contribution in [0.4, 0.5) is 4.39 Å². The maximum absolute atomic E-state index is 13.2. The molecule has 1 saturated carbocycles. The molecule has 1 aliphatic heterocycles. The van der Waals surface area contributed by atoms with Crippen LogP contribution in [0, 0.1) is 5.92 Å². The number of aliphatic hydroxyl groups is 1. The number of nitrogens with zero attached hydrogens (tertiary/aromatic N) is 1. The van der Waals surface area contributed by atoms with Gasteiger partial charge in [-0.3, -0.25) is 0 Å². The van der Waals surface area contributed by atoms with Crippen molar-refractivity contribution in [2.24, 2.45) is 5.92 Å². The van der Waals surface area contributed by atoms with E-state index >= 15 is 0 Å². The first-order chi connectivity index (χ1) is 5.74. The highest BCUT2D eigenvalue weighted by atomic mass is 19.1. The number of carbonyl (C=O) groups excluding carboxylic acids is 1. The van der Waals surface area contributed by atoms with E-state index < -0.39 is 12.3 Å². The Kier molecular flexibility index (Phi) is 1.92. The predicted octanol–water partition coefficient (Wildman–Crippen LogP) is -0.801. The summed E-state index contributed by atoms with van der Waals surface area (Å²) >= 11 is 0. The van der Waals surface area contributed by atoms with E-state index in [0.717, 1.165) is 0 Å². The van der Waals surface area contributed by atoms with Gasteiger partial charge in [-0.2, -0.15) is 0 Å². The van der Waals surface area contributed by atoms with Crippen LogP contribution in [0.3, 0.4) is 0 Å². The summed E-state index contributed by atoms with van der Waals surface area (Å²) < 4.78 is 13.2. The number of aliphatic hydroxyl groups excluding tert-OH is 1. The summed E-state index contributed by atoms with van der Waals surface area (Å²) in [4.78, 5) is 11.8. The van der Waals surface area contributed by atoms with Gasteiger partial charge in [0.1, 0.15) is 6.17 Å². The lowest BCUT2D eigenvalue weighted by atomic mass is 9.90. The van der Waals surface area contributed by atoms with Crippen molar-refractivity contribution in [3.8, 4) is 0 Å². The zero-order valence-corrected chi connectivity index (χ0v) is 6.56. The molecule has 4 atom stereocenters. The molecule has 12 heavy (non-hydrogen) atoms. The first kappa shape index (κ1) is 8.20. The molecule has 1 aliphatic carbocycles. The average Bonchev–Trinajstić information content (AvgIpc) is 2.55. The van der Waals surface area contributed by atoms with Crippen LogP contribution >= 0.6 is 0 Å². The maximum Gasteiger partial charge on any atom is 0.293 e. The number of alkyl halides is 1. The number of fused-ring (bicyclic) bond motifs is 2. The summed E-state index contributed by atoms with van der Waals surface area (Å²) in [5.74, 6) is 0.0150. The number of hydrogen-bond acceptors (Lipinski definition) is 3. The molecule has 0 aromatic carbocycles. The molecule has 65 valence electrons. The zero-order valence-electron chi connectivity index (χ0n) is 6.56. The van der Waals surface area contributed by atoms with E-state index in [1.807, 2.05) is 0 Å². The van der Waals surface area contributed by atoms with Gasteiger partial charge in [0.15, 0.2) is 0 Å². The number of hydrogen-bond donors (Lipinski definition) is 1. The van der Waals surface area contributed by atoms with Crippen LogP contribution in [0.5, 0.6) is 0 Å². The molecule has 0 spiro atoms. The molecule has 0 amide bonds. The Morgan fingerprint density at radius 2 is 2.42 bits per heavy atom. The highest BCUT2D eigenvalue weighted by molar-refractivity contribution is 6.64. The minimum absolute atomic E-state index is 0.0150. The summed E-state index contributed by atoms with van der Waals surface area (Å²) in [6, 6.07) is -0.268. The Morgan fingerprint density at radius 3 is 2.92 bits per heavy atom. The van der Waals surface area contributed by atoms with Crippen LogP contribution in [0.25, 0.3) is 0 Å². The van der Waals surface area contributed by atoms with E-state index in [4.69, 9.17) is 0 Å². The highest BCUT2D eigenvalue weighted by Gasteiger charge is 2.51. The third-order valence-corrected chi connectivity index (χ3v) is 2.84. The summed E-state index contributed by atoms with van der Waals surface area (Å²) in [6.45, 7) is 0.616. The number of carbonyl (C=O) groups is 1. The second kappa shape index (κ2) is 2.82. The smallest absolute Gasteiger partial charge is 0.293 e. The lowest BCUT2D eigenvalue weighted by molar-refractivity contribution is 0.0237. The first-order valence-electron chi connectivity index (χ1n) is 4.10. The minimum atomic E-state index is -1.18. The van der Waals surface area contributed by atoms with Gasteiger partial charge >= 0.3 is 0 Å². The summed E-state index contributed by atoms with van der Waals surface area (Å²) in [5.41, 5.74) is 0.